The van der Waals surface area contributed by atoms with Gasteiger partial charge in [-0.1, -0.05) is 12.7 Å². The maximum atomic E-state index is 13.3. The summed E-state index contributed by atoms with van der Waals surface area (Å²) >= 11 is 1.74. The fraction of sp³-hybridized carbons (Fsp3) is 0.273. The Balaban J connectivity index is 2.83. The lowest BCUT2D eigenvalue weighted by Gasteiger charge is -1.94. The van der Waals surface area contributed by atoms with Gasteiger partial charge in [0.25, 0.3) is 0 Å². The van der Waals surface area contributed by atoms with Crippen molar-refractivity contribution >= 4 is 11.8 Å². The van der Waals surface area contributed by atoms with Crippen LogP contribution in [0.5, 0.6) is 0 Å². The molecule has 0 aromatic carbocycles. The highest BCUT2D eigenvalue weighted by Gasteiger charge is 2.06. The first-order chi connectivity index (χ1) is 6.13. The molecule has 0 unspecified atom stereocenters. The van der Waals surface area contributed by atoms with Crippen LogP contribution in [0.25, 0.3) is 0 Å². The Kier molecular flexibility index (Phi) is 3.55. The lowest BCUT2D eigenvalue weighted by Crippen LogP contribution is -1.79. The van der Waals surface area contributed by atoms with Crippen molar-refractivity contribution < 1.29 is 4.39 Å². The lowest BCUT2D eigenvalue weighted by atomic mass is 10.2. The summed E-state index contributed by atoms with van der Waals surface area (Å²) in [6.07, 6.45) is 5.13. The molecule has 0 saturated carbocycles. The number of allylic oxidation sites excluding steroid dienone is 6. The lowest BCUT2D eigenvalue weighted by molar-refractivity contribution is 0.657. The Morgan fingerprint density at radius 1 is 1.69 bits per heavy atom. The summed E-state index contributed by atoms with van der Waals surface area (Å²) in [5, 5.41) is 0. The zero-order valence-corrected chi connectivity index (χ0v) is 8.75. The molecule has 0 aromatic rings. The van der Waals surface area contributed by atoms with Crippen molar-refractivity contribution in [1.29, 1.82) is 0 Å². The minimum atomic E-state index is -0.184. The number of halogens is 1. The van der Waals surface area contributed by atoms with E-state index < -0.39 is 0 Å². The van der Waals surface area contributed by atoms with Gasteiger partial charge in [-0.05, 0) is 42.1 Å². The summed E-state index contributed by atoms with van der Waals surface area (Å²) < 4.78 is 13.3. The van der Waals surface area contributed by atoms with Gasteiger partial charge in [-0.2, -0.15) is 0 Å². The van der Waals surface area contributed by atoms with E-state index in [0.29, 0.717) is 5.57 Å². The van der Waals surface area contributed by atoms with Crippen LogP contribution in [0.1, 0.15) is 13.8 Å². The number of hydrogen-bond acceptors (Lipinski definition) is 1. The van der Waals surface area contributed by atoms with Gasteiger partial charge in [0.2, 0.25) is 0 Å². The van der Waals surface area contributed by atoms with E-state index in [4.69, 9.17) is 0 Å². The van der Waals surface area contributed by atoms with Crippen molar-refractivity contribution in [3.63, 3.8) is 0 Å². The van der Waals surface area contributed by atoms with Gasteiger partial charge in [0.05, 0.1) is 0 Å². The summed E-state index contributed by atoms with van der Waals surface area (Å²) in [6.45, 7) is 7.28. The molecule has 0 amide bonds. The second-order valence-corrected chi connectivity index (χ2v) is 4.22. The standard InChI is InChI=1S/C11H13FS/c1-4-8(2)11(12)6-10-5-9(3)13-7-10/h4-6H,1,7H2,2-3H3/b10-6-,11-8+. The van der Waals surface area contributed by atoms with Crippen LogP contribution in [0, 0.1) is 0 Å². The van der Waals surface area contributed by atoms with E-state index in [2.05, 4.69) is 6.58 Å². The molecule has 1 aliphatic rings. The SMILES string of the molecule is C=C/C(C)=C(F)\C=C1\C=C(C)SC1. The predicted octanol–water partition coefficient (Wildman–Crippen LogP) is 3.99. The normalized spacial score (nSPS) is 21.5. The van der Waals surface area contributed by atoms with Gasteiger partial charge in [0.1, 0.15) is 5.83 Å². The molecule has 0 spiro atoms. The zero-order valence-electron chi connectivity index (χ0n) is 7.93. The zero-order chi connectivity index (χ0) is 9.84. The molecule has 0 atom stereocenters. The monoisotopic (exact) mass is 196 g/mol. The first-order valence-corrected chi connectivity index (χ1v) is 5.12. The summed E-state index contributed by atoms with van der Waals surface area (Å²) in [5.41, 5.74) is 1.64. The number of rotatable bonds is 2. The Bertz CT molecular complexity index is 308. The van der Waals surface area contributed by atoms with Crippen LogP contribution < -0.4 is 0 Å². The molecule has 0 radical (unpaired) electrons. The third-order valence-corrected chi connectivity index (χ3v) is 2.90. The molecule has 0 aromatic heterocycles. The molecule has 1 heterocycles. The van der Waals surface area contributed by atoms with Crippen LogP contribution in [0.4, 0.5) is 4.39 Å². The van der Waals surface area contributed by atoms with Gasteiger partial charge in [0, 0.05) is 5.75 Å². The second kappa shape index (κ2) is 4.47. The largest absolute Gasteiger partial charge is 0.207 e. The van der Waals surface area contributed by atoms with Crippen molar-refractivity contribution in [3.8, 4) is 0 Å². The van der Waals surface area contributed by atoms with E-state index >= 15 is 0 Å². The molecule has 13 heavy (non-hydrogen) atoms. The van der Waals surface area contributed by atoms with Crippen LogP contribution in [0.3, 0.4) is 0 Å². The second-order valence-electron chi connectivity index (χ2n) is 3.00. The van der Waals surface area contributed by atoms with Gasteiger partial charge in [-0.3, -0.25) is 0 Å². The van der Waals surface area contributed by atoms with E-state index in [-0.39, 0.29) is 5.83 Å². The highest BCUT2D eigenvalue weighted by molar-refractivity contribution is 8.03. The number of hydrogen-bond donors (Lipinski definition) is 0. The minimum Gasteiger partial charge on any atom is -0.207 e. The predicted molar refractivity (Wildman–Crippen MR) is 58.3 cm³/mol. The summed E-state index contributed by atoms with van der Waals surface area (Å²) in [5.74, 6) is 0.695. The van der Waals surface area contributed by atoms with E-state index in [1.54, 1.807) is 24.8 Å². The van der Waals surface area contributed by atoms with Crippen molar-refractivity contribution in [2.24, 2.45) is 0 Å². The third-order valence-electron chi connectivity index (χ3n) is 1.85. The fourth-order valence-electron chi connectivity index (χ4n) is 0.999. The summed E-state index contributed by atoms with van der Waals surface area (Å²) in [7, 11) is 0. The Hall–Kier alpha value is -0.760. The van der Waals surface area contributed by atoms with Crippen LogP contribution in [0.2, 0.25) is 0 Å². The van der Waals surface area contributed by atoms with Crippen LogP contribution in [-0.4, -0.2) is 5.75 Å². The molecule has 1 rings (SSSR count). The highest BCUT2D eigenvalue weighted by atomic mass is 32.2. The molecule has 0 bridgehead atoms. The summed E-state index contributed by atoms with van der Waals surface area (Å²) in [6, 6.07) is 0. The van der Waals surface area contributed by atoms with Crippen molar-refractivity contribution in [2.75, 3.05) is 5.75 Å². The first kappa shape index (κ1) is 10.3. The van der Waals surface area contributed by atoms with E-state index in [1.165, 1.54) is 11.0 Å². The van der Waals surface area contributed by atoms with Gasteiger partial charge >= 0.3 is 0 Å². The van der Waals surface area contributed by atoms with Gasteiger partial charge in [-0.15, -0.1) is 11.8 Å². The Morgan fingerprint density at radius 2 is 2.38 bits per heavy atom. The van der Waals surface area contributed by atoms with E-state index in [1.807, 2.05) is 13.0 Å². The topological polar surface area (TPSA) is 0 Å². The van der Waals surface area contributed by atoms with Gasteiger partial charge in [-0.25, -0.2) is 4.39 Å². The Labute approximate surface area is 82.9 Å². The Morgan fingerprint density at radius 3 is 2.85 bits per heavy atom. The molecule has 1 aliphatic heterocycles. The molecule has 0 aliphatic carbocycles. The average Bonchev–Trinajstić information content (AvgIpc) is 2.49. The molecular formula is C11H13FS. The van der Waals surface area contributed by atoms with E-state index in [0.717, 1.165) is 11.3 Å². The van der Waals surface area contributed by atoms with Crippen LogP contribution >= 0.6 is 11.8 Å². The molecule has 0 N–H and O–H groups in total. The maximum Gasteiger partial charge on any atom is 0.126 e. The first-order valence-electron chi connectivity index (χ1n) is 4.14. The maximum absolute atomic E-state index is 13.3. The molecule has 70 valence electrons. The van der Waals surface area contributed by atoms with Crippen molar-refractivity contribution in [1.82, 2.24) is 0 Å². The van der Waals surface area contributed by atoms with Crippen molar-refractivity contribution in [2.45, 2.75) is 13.8 Å². The van der Waals surface area contributed by atoms with Gasteiger partial charge < -0.3 is 0 Å². The van der Waals surface area contributed by atoms with Crippen molar-refractivity contribution in [3.05, 3.63) is 46.7 Å². The molecule has 0 nitrogen and oxygen atoms in total. The smallest absolute Gasteiger partial charge is 0.126 e. The van der Waals surface area contributed by atoms with E-state index in [9.17, 15) is 4.39 Å². The quantitative estimate of drug-likeness (QED) is 0.602. The number of thioether (sulfide) groups is 1. The molecule has 0 fully saturated rings. The molecular weight excluding hydrogens is 183 g/mol. The minimum absolute atomic E-state index is 0.184. The fourth-order valence-corrected chi connectivity index (χ4v) is 1.79. The van der Waals surface area contributed by atoms with Crippen LogP contribution in [-0.2, 0) is 0 Å². The molecule has 0 saturated heterocycles. The van der Waals surface area contributed by atoms with Gasteiger partial charge in [0.15, 0.2) is 0 Å². The summed E-state index contributed by atoms with van der Waals surface area (Å²) in [4.78, 5) is 1.25. The molecule has 2 heteroatoms. The highest BCUT2D eigenvalue weighted by Crippen LogP contribution is 2.29. The average molecular weight is 196 g/mol. The third kappa shape index (κ3) is 2.88. The van der Waals surface area contributed by atoms with Crippen LogP contribution in [0.15, 0.2) is 46.7 Å².